The number of thioether (sulfide) groups is 1. The maximum Gasteiger partial charge on any atom is 0.199 e. The number of ether oxygens (including phenoxy) is 2. The molecule has 0 amide bonds. The highest BCUT2D eigenvalue weighted by atomic mass is 32.2. The van der Waals surface area contributed by atoms with Crippen molar-refractivity contribution >= 4 is 17.5 Å². The number of rotatable bonds is 2. The lowest BCUT2D eigenvalue weighted by molar-refractivity contribution is 0.0885. The van der Waals surface area contributed by atoms with Gasteiger partial charge in [-0.1, -0.05) is 12.1 Å². The number of benzene rings is 2. The Bertz CT molecular complexity index is 759. The quantitative estimate of drug-likeness (QED) is 0.793. The average Bonchev–Trinajstić information content (AvgIpc) is 3.27. The van der Waals surface area contributed by atoms with Gasteiger partial charge in [0, 0.05) is 16.2 Å². The molecule has 2 aliphatic heterocycles. The van der Waals surface area contributed by atoms with E-state index in [1.807, 2.05) is 24.3 Å². The predicted molar refractivity (Wildman–Crippen MR) is 81.0 cm³/mol. The number of hydrogen-bond acceptors (Lipinski definition) is 4. The van der Waals surface area contributed by atoms with Crippen LogP contribution < -0.4 is 4.74 Å². The molecule has 2 aliphatic rings. The van der Waals surface area contributed by atoms with Crippen molar-refractivity contribution in [2.75, 3.05) is 12.9 Å². The fourth-order valence-corrected chi connectivity index (χ4v) is 4.05. The maximum absolute atomic E-state index is 13.4. The van der Waals surface area contributed by atoms with Gasteiger partial charge in [0.25, 0.3) is 0 Å². The third kappa shape index (κ3) is 1.96. The van der Waals surface area contributed by atoms with Crippen LogP contribution >= 0.6 is 11.8 Å². The van der Waals surface area contributed by atoms with Gasteiger partial charge >= 0.3 is 0 Å². The molecule has 2 aromatic rings. The Labute approximate surface area is 131 Å². The zero-order valence-electron chi connectivity index (χ0n) is 11.8. The fourth-order valence-electron chi connectivity index (χ4n) is 2.86. The van der Waals surface area contributed by atoms with E-state index in [-0.39, 0.29) is 11.9 Å². The molecule has 2 unspecified atom stereocenters. The van der Waals surface area contributed by atoms with Gasteiger partial charge in [-0.25, -0.2) is 4.39 Å². The molecule has 2 heterocycles. The van der Waals surface area contributed by atoms with Gasteiger partial charge in [-0.05, 0) is 35.9 Å². The molecule has 2 atom stereocenters. The summed E-state index contributed by atoms with van der Waals surface area (Å²) in [5, 5.41) is 0. The summed E-state index contributed by atoms with van der Waals surface area (Å²) in [6.45, 7) is 0. The number of epoxide rings is 1. The summed E-state index contributed by atoms with van der Waals surface area (Å²) in [6.07, 6.45) is -0.269. The topological polar surface area (TPSA) is 38.8 Å². The summed E-state index contributed by atoms with van der Waals surface area (Å²) >= 11 is 1.54. The molecule has 3 nitrogen and oxygen atoms in total. The zero-order valence-corrected chi connectivity index (χ0v) is 12.7. The largest absolute Gasteiger partial charge is 0.497 e. The SMILES string of the molecule is COc1ccc(C2OC23CSc2ccc(F)cc2C3=O)cc1. The minimum atomic E-state index is -0.847. The lowest BCUT2D eigenvalue weighted by Gasteiger charge is -2.20. The number of carbonyl (C=O) groups is 1. The summed E-state index contributed by atoms with van der Waals surface area (Å²) in [4.78, 5) is 13.6. The minimum absolute atomic E-state index is 0.124. The molecule has 4 rings (SSSR count). The Kier molecular flexibility index (Phi) is 3.03. The molecule has 1 fully saturated rings. The van der Waals surface area contributed by atoms with Crippen LogP contribution in [0.2, 0.25) is 0 Å². The van der Waals surface area contributed by atoms with Crippen molar-refractivity contribution in [3.8, 4) is 5.75 Å². The van der Waals surface area contributed by atoms with E-state index in [1.165, 1.54) is 23.9 Å². The predicted octanol–water partition coefficient (Wildman–Crippen LogP) is 3.63. The van der Waals surface area contributed by atoms with Crippen molar-refractivity contribution in [2.45, 2.75) is 16.6 Å². The van der Waals surface area contributed by atoms with Crippen LogP contribution in [-0.2, 0) is 4.74 Å². The first-order valence-electron chi connectivity index (χ1n) is 6.93. The van der Waals surface area contributed by atoms with Crippen LogP contribution in [-0.4, -0.2) is 24.2 Å². The first-order valence-corrected chi connectivity index (χ1v) is 7.91. The molecule has 1 saturated heterocycles. The Hall–Kier alpha value is -1.85. The molecule has 0 aliphatic carbocycles. The third-order valence-electron chi connectivity index (χ3n) is 4.13. The third-order valence-corrected chi connectivity index (χ3v) is 5.37. The van der Waals surface area contributed by atoms with Crippen molar-refractivity contribution in [3.63, 3.8) is 0 Å². The first-order chi connectivity index (χ1) is 10.6. The second-order valence-electron chi connectivity index (χ2n) is 5.42. The highest BCUT2D eigenvalue weighted by Gasteiger charge is 2.64. The van der Waals surface area contributed by atoms with Crippen molar-refractivity contribution < 1.29 is 18.7 Å². The molecule has 5 heteroatoms. The highest BCUT2D eigenvalue weighted by Crippen LogP contribution is 2.56. The standard InChI is InChI=1S/C17H13FO3S/c1-20-12-5-2-10(3-6-12)16-17(21-16)9-22-14-7-4-11(18)8-13(14)15(17)19/h2-8,16H,9H2,1H3. The molecule has 2 aromatic carbocycles. The molecular formula is C17H13FO3S. The number of methoxy groups -OCH3 is 1. The van der Waals surface area contributed by atoms with Gasteiger partial charge in [0.15, 0.2) is 11.4 Å². The Morgan fingerprint density at radius 1 is 1.27 bits per heavy atom. The van der Waals surface area contributed by atoms with Gasteiger partial charge in [0.2, 0.25) is 0 Å². The van der Waals surface area contributed by atoms with Crippen molar-refractivity contribution in [3.05, 3.63) is 59.4 Å². The number of ketones is 1. The monoisotopic (exact) mass is 316 g/mol. The molecule has 112 valence electrons. The van der Waals surface area contributed by atoms with E-state index in [4.69, 9.17) is 9.47 Å². The lowest BCUT2D eigenvalue weighted by atomic mass is 9.92. The van der Waals surface area contributed by atoms with Gasteiger partial charge in [-0.15, -0.1) is 11.8 Å². The van der Waals surface area contributed by atoms with Crippen LogP contribution in [0.4, 0.5) is 4.39 Å². The molecule has 1 spiro atoms. The van der Waals surface area contributed by atoms with Gasteiger partial charge < -0.3 is 9.47 Å². The van der Waals surface area contributed by atoms with Crippen LogP contribution in [0.5, 0.6) is 5.75 Å². The summed E-state index contributed by atoms with van der Waals surface area (Å²) in [7, 11) is 1.61. The Balaban J connectivity index is 1.65. The van der Waals surface area contributed by atoms with E-state index < -0.39 is 11.4 Å². The second kappa shape index (κ2) is 4.83. The van der Waals surface area contributed by atoms with Gasteiger partial charge in [0.05, 0.1) is 7.11 Å². The highest BCUT2D eigenvalue weighted by molar-refractivity contribution is 7.99. The normalized spacial score (nSPS) is 25.9. The number of hydrogen-bond donors (Lipinski definition) is 0. The van der Waals surface area contributed by atoms with Gasteiger partial charge in [-0.3, -0.25) is 4.79 Å². The first kappa shape index (κ1) is 13.8. The van der Waals surface area contributed by atoms with Crippen molar-refractivity contribution in [2.24, 2.45) is 0 Å². The van der Waals surface area contributed by atoms with Crippen LogP contribution in [0.3, 0.4) is 0 Å². The molecule has 0 aromatic heterocycles. The van der Waals surface area contributed by atoms with E-state index in [1.54, 1.807) is 13.2 Å². The van der Waals surface area contributed by atoms with E-state index in [0.29, 0.717) is 11.3 Å². The van der Waals surface area contributed by atoms with Crippen molar-refractivity contribution in [1.82, 2.24) is 0 Å². The van der Waals surface area contributed by atoms with Crippen LogP contribution in [0.25, 0.3) is 0 Å². The number of carbonyl (C=O) groups excluding carboxylic acids is 1. The van der Waals surface area contributed by atoms with Crippen molar-refractivity contribution in [1.29, 1.82) is 0 Å². The Morgan fingerprint density at radius 3 is 2.77 bits per heavy atom. The van der Waals surface area contributed by atoms with E-state index in [2.05, 4.69) is 0 Å². The second-order valence-corrected chi connectivity index (χ2v) is 6.44. The number of fused-ring (bicyclic) bond motifs is 1. The summed E-state index contributed by atoms with van der Waals surface area (Å²) in [5.41, 5.74) is 0.516. The lowest BCUT2D eigenvalue weighted by Crippen LogP contribution is -2.32. The summed E-state index contributed by atoms with van der Waals surface area (Å²) < 4.78 is 24.3. The van der Waals surface area contributed by atoms with Crippen LogP contribution in [0.1, 0.15) is 22.0 Å². The molecule has 0 radical (unpaired) electrons. The van der Waals surface area contributed by atoms with E-state index in [9.17, 15) is 9.18 Å². The molecule has 0 saturated carbocycles. The number of halogens is 1. The van der Waals surface area contributed by atoms with Gasteiger partial charge in [0.1, 0.15) is 17.7 Å². The fraction of sp³-hybridized carbons (Fsp3) is 0.235. The number of Topliss-reactive ketones (excluding diaryl/α,β-unsaturated/α-hetero) is 1. The average molecular weight is 316 g/mol. The van der Waals surface area contributed by atoms with Gasteiger partial charge in [-0.2, -0.15) is 0 Å². The molecule has 0 bridgehead atoms. The molecule has 22 heavy (non-hydrogen) atoms. The molecular weight excluding hydrogens is 303 g/mol. The minimum Gasteiger partial charge on any atom is -0.497 e. The summed E-state index contributed by atoms with van der Waals surface area (Å²) in [5.74, 6) is 0.796. The zero-order chi connectivity index (χ0) is 15.3. The Morgan fingerprint density at radius 2 is 2.05 bits per heavy atom. The van der Waals surface area contributed by atoms with E-state index >= 15 is 0 Å². The smallest absolute Gasteiger partial charge is 0.199 e. The summed E-state index contributed by atoms with van der Waals surface area (Å²) in [6, 6.07) is 11.8. The van der Waals surface area contributed by atoms with E-state index in [0.717, 1.165) is 16.2 Å². The van der Waals surface area contributed by atoms with Crippen LogP contribution in [0, 0.1) is 5.82 Å². The maximum atomic E-state index is 13.4. The molecule has 0 N–H and O–H groups in total. The van der Waals surface area contributed by atoms with Crippen LogP contribution in [0.15, 0.2) is 47.4 Å².